The number of benzene rings is 1. The van der Waals surface area contributed by atoms with E-state index in [1.165, 1.54) is 23.3 Å². The molecule has 0 fully saturated rings. The summed E-state index contributed by atoms with van der Waals surface area (Å²) in [7, 11) is 0. The van der Waals surface area contributed by atoms with Gasteiger partial charge in [0, 0.05) is 41.3 Å². The van der Waals surface area contributed by atoms with Crippen LogP contribution in [0.5, 0.6) is 0 Å². The number of pyridine rings is 1. The molecule has 0 spiro atoms. The van der Waals surface area contributed by atoms with Gasteiger partial charge in [-0.25, -0.2) is 15.0 Å². The molecule has 4 rings (SSSR count). The third-order valence-corrected chi connectivity index (χ3v) is 5.29. The highest BCUT2D eigenvalue weighted by Gasteiger charge is 2.32. The summed E-state index contributed by atoms with van der Waals surface area (Å²) in [6, 6.07) is 8.59. The second-order valence-corrected chi connectivity index (χ2v) is 7.71. The number of aryl methyl sites for hydroxylation is 2. The minimum atomic E-state index is -4.63. The van der Waals surface area contributed by atoms with Crippen molar-refractivity contribution in [3.63, 3.8) is 0 Å². The molecule has 180 valence electrons. The SMILES string of the molecule is Cc1ncnc(C)c1-c1ccc([C@@H](C)[n+]2cc(N=C([O-])Nc3ccnc(C(F)(F)F)c3)on2)cc1. The van der Waals surface area contributed by atoms with Gasteiger partial charge in [-0.05, 0) is 36.2 Å². The molecule has 1 N–H and O–H groups in total. The summed E-state index contributed by atoms with van der Waals surface area (Å²) in [5.74, 6) is -0.108. The van der Waals surface area contributed by atoms with Crippen LogP contribution in [0.1, 0.15) is 35.6 Å². The van der Waals surface area contributed by atoms with E-state index in [0.29, 0.717) is 6.07 Å². The average Bonchev–Trinajstić information content (AvgIpc) is 3.27. The van der Waals surface area contributed by atoms with Gasteiger partial charge in [0.05, 0.1) is 6.02 Å². The molecule has 0 amide bonds. The molecule has 0 aliphatic rings. The summed E-state index contributed by atoms with van der Waals surface area (Å²) < 4.78 is 44.9. The smallest absolute Gasteiger partial charge is 0.433 e. The molecule has 0 unspecified atom stereocenters. The predicted molar refractivity (Wildman–Crippen MR) is 117 cm³/mol. The summed E-state index contributed by atoms with van der Waals surface area (Å²) >= 11 is 0. The zero-order valence-electron chi connectivity index (χ0n) is 18.9. The first kappa shape index (κ1) is 23.8. The minimum absolute atomic E-state index is 0.101. The van der Waals surface area contributed by atoms with E-state index in [9.17, 15) is 18.3 Å². The van der Waals surface area contributed by atoms with Crippen LogP contribution in [0.3, 0.4) is 0 Å². The number of aromatic nitrogens is 5. The van der Waals surface area contributed by atoms with Gasteiger partial charge in [0.1, 0.15) is 12.0 Å². The van der Waals surface area contributed by atoms with Crippen LogP contribution in [0.4, 0.5) is 24.7 Å². The van der Waals surface area contributed by atoms with Crippen molar-refractivity contribution < 1.29 is 27.5 Å². The maximum atomic E-state index is 12.8. The van der Waals surface area contributed by atoms with E-state index >= 15 is 0 Å². The van der Waals surface area contributed by atoms with Gasteiger partial charge in [-0.3, -0.25) is 9.51 Å². The summed E-state index contributed by atoms with van der Waals surface area (Å²) in [5, 5.41) is 18.3. The van der Waals surface area contributed by atoms with Crippen molar-refractivity contribution in [3.05, 3.63) is 77.8 Å². The first-order valence-corrected chi connectivity index (χ1v) is 10.4. The molecule has 0 aliphatic carbocycles. The molecule has 0 bridgehead atoms. The second-order valence-electron chi connectivity index (χ2n) is 7.71. The summed E-state index contributed by atoms with van der Waals surface area (Å²) in [4.78, 5) is 15.5. The number of alkyl halides is 3. The van der Waals surface area contributed by atoms with Crippen molar-refractivity contribution >= 4 is 17.6 Å². The van der Waals surface area contributed by atoms with Gasteiger partial charge in [-0.15, -0.1) is 0 Å². The monoisotopic (exact) mass is 483 g/mol. The van der Waals surface area contributed by atoms with Crippen molar-refractivity contribution in [2.75, 3.05) is 5.32 Å². The molecule has 3 heterocycles. The highest BCUT2D eigenvalue weighted by Crippen LogP contribution is 2.29. The van der Waals surface area contributed by atoms with E-state index in [4.69, 9.17) is 4.52 Å². The fourth-order valence-electron chi connectivity index (χ4n) is 3.49. The summed E-state index contributed by atoms with van der Waals surface area (Å²) in [6.07, 6.45) is -0.729. The Kier molecular flexibility index (Phi) is 6.45. The standard InChI is InChI=1S/C23H20F3N7O2/c1-13-21(14(2)29-12-28-13)17-6-4-16(5-7-17)15(3)33-11-20(35-32-33)31-22(34)30-18-8-9-27-19(10-18)23(24,25)26/h4-12,15H,1-3H3,(H-,27,30,31,32,34)/t15-/m1/s1. The van der Waals surface area contributed by atoms with Crippen LogP contribution in [0, 0.1) is 13.8 Å². The Hall–Kier alpha value is -4.35. The Morgan fingerprint density at radius 1 is 1.09 bits per heavy atom. The number of nitrogens with one attached hydrogen (secondary N) is 1. The van der Waals surface area contributed by atoms with Crippen molar-refractivity contribution in [2.24, 2.45) is 4.99 Å². The molecule has 0 aliphatic heterocycles. The third kappa shape index (κ3) is 5.42. The van der Waals surface area contributed by atoms with Crippen molar-refractivity contribution in [1.82, 2.24) is 20.2 Å². The normalized spacial score (nSPS) is 13.0. The number of hydrogen-bond donors (Lipinski definition) is 1. The molecule has 0 radical (unpaired) electrons. The van der Waals surface area contributed by atoms with Gasteiger partial charge in [-0.2, -0.15) is 13.2 Å². The largest absolute Gasteiger partial charge is 0.846 e. The van der Waals surface area contributed by atoms with Crippen molar-refractivity contribution in [3.8, 4) is 11.1 Å². The molecule has 35 heavy (non-hydrogen) atoms. The first-order valence-electron chi connectivity index (χ1n) is 10.4. The van der Waals surface area contributed by atoms with E-state index < -0.39 is 17.9 Å². The second kappa shape index (κ2) is 9.49. The Morgan fingerprint density at radius 3 is 2.43 bits per heavy atom. The maximum Gasteiger partial charge on any atom is 0.433 e. The first-order chi connectivity index (χ1) is 16.6. The number of nitrogens with zero attached hydrogens (tertiary/aromatic N) is 6. The van der Waals surface area contributed by atoms with E-state index in [2.05, 4.69) is 30.5 Å². The van der Waals surface area contributed by atoms with Gasteiger partial charge >= 0.3 is 12.1 Å². The van der Waals surface area contributed by atoms with E-state index in [1.54, 1.807) is 0 Å². The Labute approximate surface area is 198 Å². The molecule has 0 saturated heterocycles. The summed E-state index contributed by atoms with van der Waals surface area (Å²) in [6.45, 7) is 5.74. The maximum absolute atomic E-state index is 12.8. The van der Waals surface area contributed by atoms with E-state index in [1.807, 2.05) is 45.0 Å². The zero-order chi connectivity index (χ0) is 25.2. The van der Waals surface area contributed by atoms with E-state index in [-0.39, 0.29) is 17.6 Å². The van der Waals surface area contributed by atoms with Gasteiger partial charge < -0.3 is 10.4 Å². The zero-order valence-corrected chi connectivity index (χ0v) is 18.9. The molecular weight excluding hydrogens is 463 g/mol. The summed E-state index contributed by atoms with van der Waals surface area (Å²) in [5.41, 5.74) is 3.43. The molecule has 1 aromatic carbocycles. The van der Waals surface area contributed by atoms with Gasteiger partial charge in [-0.1, -0.05) is 24.3 Å². The molecule has 12 heteroatoms. The van der Waals surface area contributed by atoms with Crippen molar-refractivity contribution in [1.29, 1.82) is 0 Å². The third-order valence-electron chi connectivity index (χ3n) is 5.29. The highest BCUT2D eigenvalue weighted by molar-refractivity contribution is 5.86. The molecular formula is C23H20F3N7O2. The Morgan fingerprint density at radius 2 is 1.77 bits per heavy atom. The molecule has 0 saturated carbocycles. The lowest BCUT2D eigenvalue weighted by molar-refractivity contribution is -0.774. The predicted octanol–water partition coefficient (Wildman–Crippen LogP) is 3.52. The highest BCUT2D eigenvalue weighted by atomic mass is 19.4. The lowest BCUT2D eigenvalue weighted by atomic mass is 9.99. The van der Waals surface area contributed by atoms with Gasteiger partial charge in [0.25, 0.3) is 6.20 Å². The van der Waals surface area contributed by atoms with Gasteiger partial charge in [0.2, 0.25) is 11.3 Å². The van der Waals surface area contributed by atoms with Crippen LogP contribution in [0.2, 0.25) is 0 Å². The number of anilines is 1. The molecule has 1 atom stereocenters. The van der Waals surface area contributed by atoms with Crippen LogP contribution in [0.15, 0.2) is 64.6 Å². The van der Waals surface area contributed by atoms with Crippen LogP contribution >= 0.6 is 0 Å². The molecule has 9 nitrogen and oxygen atoms in total. The lowest BCUT2D eigenvalue weighted by Crippen LogP contribution is -2.39. The topological polar surface area (TPSA) is 116 Å². The quantitative estimate of drug-likeness (QED) is 0.262. The Balaban J connectivity index is 1.48. The fourth-order valence-corrected chi connectivity index (χ4v) is 3.49. The molecule has 4 aromatic rings. The number of halogens is 3. The average molecular weight is 483 g/mol. The number of hydrogen-bond acceptors (Lipinski definition) is 7. The van der Waals surface area contributed by atoms with Crippen LogP contribution in [-0.4, -0.2) is 26.2 Å². The van der Waals surface area contributed by atoms with Crippen LogP contribution in [-0.2, 0) is 6.18 Å². The van der Waals surface area contributed by atoms with Crippen LogP contribution in [0.25, 0.3) is 11.1 Å². The number of aliphatic imine (C=N–C) groups is 1. The van der Waals surface area contributed by atoms with Gasteiger partial charge in [0.15, 0.2) is 0 Å². The van der Waals surface area contributed by atoms with Crippen LogP contribution < -0.4 is 15.1 Å². The number of rotatable bonds is 5. The lowest BCUT2D eigenvalue weighted by Gasteiger charge is -2.13. The van der Waals surface area contributed by atoms with E-state index in [0.717, 1.165) is 34.3 Å². The Bertz CT molecular complexity index is 1350. The minimum Gasteiger partial charge on any atom is -0.846 e. The molecule has 3 aromatic heterocycles. The number of amidine groups is 1. The van der Waals surface area contributed by atoms with Crippen molar-refractivity contribution in [2.45, 2.75) is 33.0 Å². The fraction of sp³-hybridized carbons (Fsp3) is 0.217.